The molecular weight excluding hydrogens is 328 g/mol. The largest absolute Gasteiger partial charge is 0.497 e. The van der Waals surface area contributed by atoms with E-state index in [9.17, 15) is 4.79 Å². The number of anilines is 1. The molecule has 6 heteroatoms. The first-order chi connectivity index (χ1) is 11.6. The Balaban J connectivity index is 2.04. The van der Waals surface area contributed by atoms with Gasteiger partial charge in [0.25, 0.3) is 0 Å². The second-order valence-corrected chi connectivity index (χ2v) is 4.97. The molecule has 0 heterocycles. The lowest BCUT2D eigenvalue weighted by atomic mass is 10.1. The van der Waals surface area contributed by atoms with Crippen LogP contribution in [0.2, 0.25) is 0 Å². The Labute approximate surface area is 145 Å². The molecule has 1 atom stereocenters. The average molecular weight is 343 g/mol. The minimum atomic E-state index is -0.895. The number of ether oxygens (including phenoxy) is 2. The van der Waals surface area contributed by atoms with E-state index in [1.165, 1.54) is 7.11 Å². The van der Waals surface area contributed by atoms with Gasteiger partial charge in [0.1, 0.15) is 5.75 Å². The van der Waals surface area contributed by atoms with Crippen LogP contribution in [0.15, 0.2) is 59.7 Å². The van der Waals surface area contributed by atoms with Crippen molar-refractivity contribution in [1.82, 2.24) is 0 Å². The van der Waals surface area contributed by atoms with Crippen molar-refractivity contribution in [1.29, 1.82) is 0 Å². The van der Waals surface area contributed by atoms with Gasteiger partial charge in [-0.1, -0.05) is 47.9 Å². The summed E-state index contributed by atoms with van der Waals surface area (Å²) in [5, 5.41) is 3.41. The topological polar surface area (TPSA) is 59.9 Å². The van der Waals surface area contributed by atoms with Gasteiger partial charge in [-0.05, 0) is 24.3 Å². The van der Waals surface area contributed by atoms with Crippen molar-refractivity contribution in [3.8, 4) is 18.1 Å². The third-order valence-corrected chi connectivity index (χ3v) is 3.24. The molecule has 5 nitrogen and oxygen atoms in total. The van der Waals surface area contributed by atoms with Crippen LogP contribution in [0, 0.1) is 12.3 Å². The van der Waals surface area contributed by atoms with Crippen molar-refractivity contribution in [3.05, 3.63) is 60.2 Å². The Morgan fingerprint density at radius 3 is 2.67 bits per heavy atom. The predicted octanol–water partition coefficient (Wildman–Crippen LogP) is 3.58. The van der Waals surface area contributed by atoms with Crippen LogP contribution in [0.1, 0.15) is 11.7 Å². The van der Waals surface area contributed by atoms with Crippen molar-refractivity contribution in [2.24, 2.45) is 5.10 Å². The van der Waals surface area contributed by atoms with E-state index in [1.54, 1.807) is 36.4 Å². The van der Waals surface area contributed by atoms with E-state index < -0.39 is 12.1 Å². The highest BCUT2D eigenvalue weighted by molar-refractivity contribution is 6.82. The lowest BCUT2D eigenvalue weighted by Gasteiger charge is -2.13. The van der Waals surface area contributed by atoms with E-state index in [0.29, 0.717) is 17.0 Å². The number of hydrogen-bond donors (Lipinski definition) is 1. The smallest absolute Gasteiger partial charge is 0.372 e. The summed E-state index contributed by atoms with van der Waals surface area (Å²) < 4.78 is 10.3. The van der Waals surface area contributed by atoms with E-state index >= 15 is 0 Å². The van der Waals surface area contributed by atoms with E-state index in [0.717, 1.165) is 0 Å². The highest BCUT2D eigenvalue weighted by Gasteiger charge is 2.18. The number of esters is 1. The Hall–Kier alpha value is -2.97. The number of hydrazone groups is 1. The van der Waals surface area contributed by atoms with E-state index in [1.807, 2.05) is 18.2 Å². The maximum absolute atomic E-state index is 12.0. The molecule has 0 aliphatic carbocycles. The molecule has 1 N–H and O–H groups in total. The van der Waals surface area contributed by atoms with Gasteiger partial charge in [0.15, 0.2) is 6.10 Å². The van der Waals surface area contributed by atoms with Crippen molar-refractivity contribution in [3.63, 3.8) is 0 Å². The summed E-state index contributed by atoms with van der Waals surface area (Å²) in [6.07, 6.45) is 4.55. The van der Waals surface area contributed by atoms with Crippen LogP contribution in [-0.2, 0) is 9.53 Å². The summed E-state index contributed by atoms with van der Waals surface area (Å²) in [5.74, 6) is 2.17. The lowest BCUT2D eigenvalue weighted by Crippen LogP contribution is -2.17. The highest BCUT2D eigenvalue weighted by atomic mass is 35.5. The number of nitrogens with one attached hydrogen (secondary N) is 1. The molecule has 0 spiro atoms. The minimum Gasteiger partial charge on any atom is -0.497 e. The third-order valence-electron chi connectivity index (χ3n) is 3.00. The van der Waals surface area contributed by atoms with Gasteiger partial charge >= 0.3 is 5.97 Å². The number of terminal acetylenes is 1. The molecule has 0 aliphatic rings. The molecule has 0 aromatic heterocycles. The molecule has 2 rings (SSSR count). The van der Waals surface area contributed by atoms with Gasteiger partial charge in [-0.3, -0.25) is 5.43 Å². The van der Waals surface area contributed by atoms with Gasteiger partial charge in [0, 0.05) is 5.56 Å². The molecule has 1 unspecified atom stereocenters. The first-order valence-corrected chi connectivity index (χ1v) is 7.37. The molecular formula is C18H15ClN2O3. The molecule has 0 amide bonds. The normalized spacial score (nSPS) is 12.0. The van der Waals surface area contributed by atoms with Crippen molar-refractivity contribution in [2.75, 3.05) is 12.5 Å². The summed E-state index contributed by atoms with van der Waals surface area (Å²) in [6.45, 7) is 0. The zero-order valence-electron chi connectivity index (χ0n) is 12.9. The fourth-order valence-corrected chi connectivity index (χ4v) is 1.92. The van der Waals surface area contributed by atoms with Crippen LogP contribution in [0.3, 0.4) is 0 Å². The van der Waals surface area contributed by atoms with Crippen molar-refractivity contribution >= 4 is 28.4 Å². The van der Waals surface area contributed by atoms with Crippen LogP contribution in [0.4, 0.5) is 5.69 Å². The second-order valence-electron chi connectivity index (χ2n) is 4.61. The van der Waals surface area contributed by atoms with Crippen LogP contribution >= 0.6 is 11.6 Å². The van der Waals surface area contributed by atoms with E-state index in [-0.39, 0.29) is 5.17 Å². The number of halogens is 1. The molecule has 0 saturated carbocycles. The number of carbonyl (C=O) groups is 1. The standard InChI is InChI=1S/C18H15ClN2O3/c1-3-16(13-8-7-11-15(12-13)23-2)24-18(22)17(19)21-20-14-9-5-4-6-10-14/h1,4-12,16,20H,2H3/b21-17-. The second kappa shape index (κ2) is 8.61. The van der Waals surface area contributed by atoms with Crippen LogP contribution < -0.4 is 10.2 Å². The van der Waals surface area contributed by atoms with Crippen LogP contribution in [0.25, 0.3) is 0 Å². The quantitative estimate of drug-likeness (QED) is 0.377. The van der Waals surface area contributed by atoms with Crippen molar-refractivity contribution in [2.45, 2.75) is 6.10 Å². The molecule has 24 heavy (non-hydrogen) atoms. The lowest BCUT2D eigenvalue weighted by molar-refractivity contribution is -0.138. The number of hydrogen-bond acceptors (Lipinski definition) is 5. The van der Waals surface area contributed by atoms with Gasteiger partial charge in [-0.2, -0.15) is 5.10 Å². The number of para-hydroxylation sites is 1. The fraction of sp³-hybridized carbons (Fsp3) is 0.111. The number of benzene rings is 2. The van der Waals surface area contributed by atoms with E-state index in [2.05, 4.69) is 16.4 Å². The zero-order valence-corrected chi connectivity index (χ0v) is 13.7. The Morgan fingerprint density at radius 2 is 2.00 bits per heavy atom. The van der Waals surface area contributed by atoms with Crippen molar-refractivity contribution < 1.29 is 14.3 Å². The van der Waals surface area contributed by atoms with Gasteiger partial charge < -0.3 is 9.47 Å². The molecule has 0 radical (unpaired) electrons. The highest BCUT2D eigenvalue weighted by Crippen LogP contribution is 2.22. The molecule has 0 fully saturated rings. The predicted molar refractivity (Wildman–Crippen MR) is 94.0 cm³/mol. The maximum Gasteiger partial charge on any atom is 0.372 e. The van der Waals surface area contributed by atoms with Gasteiger partial charge in [0.2, 0.25) is 5.17 Å². The summed E-state index contributed by atoms with van der Waals surface area (Å²) in [5.41, 5.74) is 3.95. The van der Waals surface area contributed by atoms with Crippen LogP contribution in [0.5, 0.6) is 5.75 Å². The van der Waals surface area contributed by atoms with Gasteiger partial charge in [-0.25, -0.2) is 4.79 Å². The third kappa shape index (κ3) is 4.77. The molecule has 0 bridgehead atoms. The average Bonchev–Trinajstić information content (AvgIpc) is 2.64. The molecule has 0 saturated heterocycles. The Bertz CT molecular complexity index is 769. The zero-order chi connectivity index (χ0) is 17.4. The Kier molecular flexibility index (Phi) is 6.23. The van der Waals surface area contributed by atoms with E-state index in [4.69, 9.17) is 27.5 Å². The molecule has 0 aliphatic heterocycles. The number of nitrogens with zero attached hydrogens (tertiary/aromatic N) is 1. The fourth-order valence-electron chi connectivity index (χ4n) is 1.83. The minimum absolute atomic E-state index is 0.359. The Morgan fingerprint density at radius 1 is 1.25 bits per heavy atom. The maximum atomic E-state index is 12.0. The summed E-state index contributed by atoms with van der Waals surface area (Å²) in [4.78, 5) is 12.0. The summed E-state index contributed by atoms with van der Waals surface area (Å²) >= 11 is 5.85. The molecule has 122 valence electrons. The monoisotopic (exact) mass is 342 g/mol. The number of rotatable bonds is 6. The first-order valence-electron chi connectivity index (χ1n) is 6.99. The summed E-state index contributed by atoms with van der Waals surface area (Å²) in [7, 11) is 1.54. The number of methoxy groups -OCH3 is 1. The molecule has 2 aromatic rings. The van der Waals surface area contributed by atoms with Crippen LogP contribution in [-0.4, -0.2) is 18.2 Å². The first kappa shape index (κ1) is 17.4. The summed E-state index contributed by atoms with van der Waals surface area (Å²) in [6, 6.07) is 16.0. The SMILES string of the molecule is C#CC(OC(=O)/C(Cl)=N/Nc1ccccc1)c1cccc(OC)c1. The molecule has 2 aromatic carbocycles. The van der Waals surface area contributed by atoms with Gasteiger partial charge in [0.05, 0.1) is 12.8 Å². The number of carbonyl (C=O) groups excluding carboxylic acids is 1. The van der Waals surface area contributed by atoms with Gasteiger partial charge in [-0.15, -0.1) is 6.42 Å².